The molecule has 0 unspecified atom stereocenters. The summed E-state index contributed by atoms with van der Waals surface area (Å²) in [4.78, 5) is 0. The summed E-state index contributed by atoms with van der Waals surface area (Å²) in [7, 11) is 0. The van der Waals surface area contributed by atoms with Gasteiger partial charge in [-0.15, -0.1) is 0 Å². The number of unbranched alkanes of at least 4 members (excludes halogenated alkanes) is 5. The predicted octanol–water partition coefficient (Wildman–Crippen LogP) is 5.96. The second-order valence-electron chi connectivity index (χ2n) is 5.80. The molecule has 23 heavy (non-hydrogen) atoms. The molecule has 2 aromatic carbocycles. The van der Waals surface area contributed by atoms with Gasteiger partial charge in [-0.25, -0.2) is 0 Å². The van der Waals surface area contributed by atoms with Crippen molar-refractivity contribution in [2.75, 3.05) is 6.61 Å². The van der Waals surface area contributed by atoms with Crippen molar-refractivity contribution < 1.29 is 4.74 Å². The van der Waals surface area contributed by atoms with Crippen molar-refractivity contribution in [3.8, 4) is 22.9 Å². The molecule has 0 saturated heterocycles. The van der Waals surface area contributed by atoms with E-state index in [1.165, 1.54) is 32.1 Å². The van der Waals surface area contributed by atoms with Crippen LogP contribution in [-0.2, 0) is 0 Å². The van der Waals surface area contributed by atoms with E-state index < -0.39 is 0 Å². The lowest BCUT2D eigenvalue weighted by Crippen LogP contribution is -1.99. The predicted molar refractivity (Wildman–Crippen MR) is 95.5 cm³/mol. The Hall–Kier alpha value is -2.27. The number of ether oxygens (including phenoxy) is 1. The monoisotopic (exact) mass is 307 g/mol. The quantitative estimate of drug-likeness (QED) is 0.535. The summed E-state index contributed by atoms with van der Waals surface area (Å²) < 4.78 is 5.99. The number of benzene rings is 2. The van der Waals surface area contributed by atoms with Crippen LogP contribution in [0.4, 0.5) is 0 Å². The lowest BCUT2D eigenvalue weighted by molar-refractivity contribution is 0.305. The average molecular weight is 307 g/mol. The maximum absolute atomic E-state index is 9.11. The van der Waals surface area contributed by atoms with Gasteiger partial charge in [-0.05, 0) is 30.2 Å². The molecule has 0 radical (unpaired) electrons. The van der Waals surface area contributed by atoms with Crippen molar-refractivity contribution in [3.05, 3.63) is 54.1 Å². The van der Waals surface area contributed by atoms with E-state index in [0.29, 0.717) is 12.2 Å². The van der Waals surface area contributed by atoms with Crippen molar-refractivity contribution >= 4 is 0 Å². The minimum atomic E-state index is 0.641. The highest BCUT2D eigenvalue weighted by Gasteiger charge is 2.07. The van der Waals surface area contributed by atoms with Crippen LogP contribution in [-0.4, -0.2) is 6.61 Å². The smallest absolute Gasteiger partial charge is 0.128 e. The van der Waals surface area contributed by atoms with Gasteiger partial charge in [0.15, 0.2) is 0 Å². The average Bonchev–Trinajstić information content (AvgIpc) is 2.61. The van der Waals surface area contributed by atoms with Gasteiger partial charge in [0.25, 0.3) is 0 Å². The highest BCUT2D eigenvalue weighted by atomic mass is 16.5. The summed E-state index contributed by atoms with van der Waals surface area (Å²) in [5.41, 5.74) is 2.81. The molecule has 0 fully saturated rings. The highest BCUT2D eigenvalue weighted by Crippen LogP contribution is 2.31. The summed E-state index contributed by atoms with van der Waals surface area (Å²) in [5, 5.41) is 9.11. The largest absolute Gasteiger partial charge is 0.493 e. The summed E-state index contributed by atoms with van der Waals surface area (Å²) in [5.74, 6) is 0.809. The SMILES string of the molecule is CCCCCCCCOc1cc(C#N)ccc1-c1ccccc1. The third-order valence-electron chi connectivity index (χ3n) is 3.95. The van der Waals surface area contributed by atoms with Gasteiger partial charge in [-0.2, -0.15) is 5.26 Å². The normalized spacial score (nSPS) is 10.3. The highest BCUT2D eigenvalue weighted by molar-refractivity contribution is 5.71. The third kappa shape index (κ3) is 5.45. The second-order valence-corrected chi connectivity index (χ2v) is 5.80. The minimum Gasteiger partial charge on any atom is -0.493 e. The van der Waals surface area contributed by atoms with Crippen molar-refractivity contribution in [1.82, 2.24) is 0 Å². The molecule has 120 valence electrons. The number of hydrogen-bond acceptors (Lipinski definition) is 2. The Morgan fingerprint density at radius 1 is 0.913 bits per heavy atom. The Morgan fingerprint density at radius 3 is 2.39 bits per heavy atom. The van der Waals surface area contributed by atoms with Gasteiger partial charge in [-0.1, -0.05) is 69.4 Å². The van der Waals surface area contributed by atoms with Gasteiger partial charge in [0.2, 0.25) is 0 Å². The molecule has 0 bridgehead atoms. The second kappa shape index (κ2) is 9.69. The molecule has 0 aliphatic carbocycles. The van der Waals surface area contributed by atoms with Crippen LogP contribution < -0.4 is 4.74 Å². The van der Waals surface area contributed by atoms with Gasteiger partial charge >= 0.3 is 0 Å². The van der Waals surface area contributed by atoms with Crippen LogP contribution in [0.25, 0.3) is 11.1 Å². The molecule has 0 aliphatic rings. The van der Waals surface area contributed by atoms with Crippen molar-refractivity contribution in [2.24, 2.45) is 0 Å². The van der Waals surface area contributed by atoms with E-state index in [0.717, 1.165) is 23.3 Å². The Morgan fingerprint density at radius 2 is 1.65 bits per heavy atom. The summed E-state index contributed by atoms with van der Waals surface area (Å²) in [6.45, 7) is 2.94. The molecular weight excluding hydrogens is 282 g/mol. The van der Waals surface area contributed by atoms with Crippen LogP contribution >= 0.6 is 0 Å². The number of nitriles is 1. The molecule has 0 amide bonds. The van der Waals surface area contributed by atoms with Crippen LogP contribution in [0.2, 0.25) is 0 Å². The molecular formula is C21H25NO. The number of hydrogen-bond donors (Lipinski definition) is 0. The molecule has 0 aliphatic heterocycles. The molecule has 0 saturated carbocycles. The number of rotatable bonds is 9. The minimum absolute atomic E-state index is 0.641. The van der Waals surface area contributed by atoms with Gasteiger partial charge < -0.3 is 4.74 Å². The summed E-state index contributed by atoms with van der Waals surface area (Å²) >= 11 is 0. The maximum atomic E-state index is 9.11. The van der Waals surface area contributed by atoms with Crippen molar-refractivity contribution in [2.45, 2.75) is 45.4 Å². The van der Waals surface area contributed by atoms with Gasteiger partial charge in [0.1, 0.15) is 5.75 Å². The fraction of sp³-hybridized carbons (Fsp3) is 0.381. The Kier molecular flexibility index (Phi) is 7.20. The van der Waals surface area contributed by atoms with E-state index in [-0.39, 0.29) is 0 Å². The first-order valence-electron chi connectivity index (χ1n) is 8.57. The molecule has 2 aromatic rings. The first kappa shape index (κ1) is 17.1. The molecule has 0 N–H and O–H groups in total. The fourth-order valence-corrected chi connectivity index (χ4v) is 2.63. The van der Waals surface area contributed by atoms with Crippen molar-refractivity contribution in [3.63, 3.8) is 0 Å². The van der Waals surface area contributed by atoms with E-state index in [1.807, 2.05) is 36.4 Å². The molecule has 2 rings (SSSR count). The van der Waals surface area contributed by atoms with E-state index in [1.54, 1.807) is 0 Å². The summed E-state index contributed by atoms with van der Waals surface area (Å²) in [6.07, 6.45) is 7.46. The lowest BCUT2D eigenvalue weighted by atomic mass is 10.0. The zero-order valence-electron chi connectivity index (χ0n) is 13.9. The van der Waals surface area contributed by atoms with E-state index in [2.05, 4.69) is 25.1 Å². The molecule has 2 nitrogen and oxygen atoms in total. The van der Waals surface area contributed by atoms with E-state index in [4.69, 9.17) is 10.00 Å². The van der Waals surface area contributed by atoms with E-state index in [9.17, 15) is 0 Å². The van der Waals surface area contributed by atoms with Crippen LogP contribution in [0.3, 0.4) is 0 Å². The molecule has 0 spiro atoms. The van der Waals surface area contributed by atoms with Crippen LogP contribution in [0.5, 0.6) is 5.75 Å². The Balaban J connectivity index is 1.98. The topological polar surface area (TPSA) is 33.0 Å². The number of nitrogens with zero attached hydrogens (tertiary/aromatic N) is 1. The molecule has 0 aromatic heterocycles. The maximum Gasteiger partial charge on any atom is 0.128 e. The summed E-state index contributed by atoms with van der Waals surface area (Å²) in [6, 6.07) is 18.0. The molecule has 0 atom stereocenters. The molecule has 2 heteroatoms. The fourth-order valence-electron chi connectivity index (χ4n) is 2.63. The van der Waals surface area contributed by atoms with Gasteiger partial charge in [0.05, 0.1) is 18.2 Å². The van der Waals surface area contributed by atoms with E-state index >= 15 is 0 Å². The lowest BCUT2D eigenvalue weighted by Gasteiger charge is -2.12. The molecule has 0 heterocycles. The van der Waals surface area contributed by atoms with Gasteiger partial charge in [-0.3, -0.25) is 0 Å². The third-order valence-corrected chi connectivity index (χ3v) is 3.95. The van der Waals surface area contributed by atoms with Crippen LogP contribution in [0, 0.1) is 11.3 Å². The Labute approximate surface area is 139 Å². The Bertz CT molecular complexity index is 628. The zero-order valence-corrected chi connectivity index (χ0v) is 13.9. The standard InChI is InChI=1S/C21H25NO/c1-2-3-4-5-6-10-15-23-21-16-18(17-22)13-14-20(21)19-11-8-7-9-12-19/h7-9,11-14,16H,2-6,10,15H2,1H3. The first-order chi connectivity index (χ1) is 11.3. The zero-order chi connectivity index (χ0) is 16.3. The van der Waals surface area contributed by atoms with Crippen molar-refractivity contribution in [1.29, 1.82) is 5.26 Å². The van der Waals surface area contributed by atoms with Crippen LogP contribution in [0.1, 0.15) is 51.0 Å². The van der Waals surface area contributed by atoms with Crippen LogP contribution in [0.15, 0.2) is 48.5 Å². The van der Waals surface area contributed by atoms with Gasteiger partial charge in [0, 0.05) is 5.56 Å². The first-order valence-corrected chi connectivity index (χ1v) is 8.57.